The number of Topliss-reactive ketones (excluding diaryl/α,β-unsaturated/α-hetero) is 1. The van der Waals surface area contributed by atoms with E-state index < -0.39 is 5.92 Å². The topological polar surface area (TPSA) is 43.4 Å². The number of carbonyl (C=O) groups excluding carboxylic acids is 2. The maximum Gasteiger partial charge on any atom is 0.316 e. The summed E-state index contributed by atoms with van der Waals surface area (Å²) in [5, 5.41) is 0. The lowest BCUT2D eigenvalue weighted by Crippen LogP contribution is -2.36. The van der Waals surface area contributed by atoms with Crippen LogP contribution in [-0.2, 0) is 14.3 Å². The van der Waals surface area contributed by atoms with E-state index in [1.54, 1.807) is 6.92 Å². The molecule has 3 nitrogen and oxygen atoms in total. The molecule has 0 N–H and O–H groups in total. The van der Waals surface area contributed by atoms with Gasteiger partial charge in [0.1, 0.15) is 11.7 Å². The average molecular weight is 254 g/mol. The van der Waals surface area contributed by atoms with Crippen molar-refractivity contribution >= 4 is 11.8 Å². The zero-order valence-corrected chi connectivity index (χ0v) is 12.1. The lowest BCUT2D eigenvalue weighted by Gasteiger charge is -2.28. The number of hydrogen-bond acceptors (Lipinski definition) is 3. The molecule has 3 heteroatoms. The minimum absolute atomic E-state index is 0.0240. The molecule has 0 aromatic rings. The number of ketones is 1. The Kier molecular flexibility index (Phi) is 5.83. The van der Waals surface area contributed by atoms with Gasteiger partial charge in [0.25, 0.3) is 0 Å². The molecule has 104 valence electrons. The van der Waals surface area contributed by atoms with Gasteiger partial charge in [-0.2, -0.15) is 0 Å². The number of carbonyl (C=O) groups is 2. The van der Waals surface area contributed by atoms with Gasteiger partial charge in [-0.05, 0) is 31.6 Å². The highest BCUT2D eigenvalue weighted by Crippen LogP contribution is 2.32. The van der Waals surface area contributed by atoms with Crippen LogP contribution in [0, 0.1) is 23.7 Å². The first-order chi connectivity index (χ1) is 8.47. The Morgan fingerprint density at radius 1 is 1.17 bits per heavy atom. The van der Waals surface area contributed by atoms with E-state index in [-0.39, 0.29) is 23.6 Å². The molecule has 1 saturated carbocycles. The van der Waals surface area contributed by atoms with Crippen LogP contribution in [0.2, 0.25) is 0 Å². The van der Waals surface area contributed by atoms with Crippen LogP contribution in [0.1, 0.15) is 53.4 Å². The molecular weight excluding hydrogens is 228 g/mol. The van der Waals surface area contributed by atoms with Crippen LogP contribution in [-0.4, -0.2) is 18.4 Å². The molecular formula is C15H26O3. The van der Waals surface area contributed by atoms with E-state index in [1.807, 2.05) is 13.8 Å². The van der Waals surface area contributed by atoms with Gasteiger partial charge in [0.2, 0.25) is 0 Å². The zero-order valence-electron chi connectivity index (χ0n) is 12.1. The van der Waals surface area contributed by atoms with Crippen molar-refractivity contribution in [1.82, 2.24) is 0 Å². The lowest BCUT2D eigenvalue weighted by atomic mass is 9.75. The summed E-state index contributed by atoms with van der Waals surface area (Å²) >= 11 is 0. The quantitative estimate of drug-likeness (QED) is 0.559. The van der Waals surface area contributed by atoms with Crippen molar-refractivity contribution in [3.05, 3.63) is 0 Å². The summed E-state index contributed by atoms with van der Waals surface area (Å²) in [6.45, 7) is 8.20. The first-order valence-corrected chi connectivity index (χ1v) is 7.17. The Morgan fingerprint density at radius 3 is 2.17 bits per heavy atom. The Balaban J connectivity index is 2.68. The molecule has 0 aromatic heterocycles. The first-order valence-electron chi connectivity index (χ1n) is 7.17. The third kappa shape index (κ3) is 3.82. The molecule has 0 heterocycles. The van der Waals surface area contributed by atoms with E-state index in [2.05, 4.69) is 6.92 Å². The number of ether oxygens (including phenoxy) is 1. The Labute approximate surface area is 110 Å². The van der Waals surface area contributed by atoms with Gasteiger partial charge in [0.05, 0.1) is 6.61 Å². The molecule has 0 aromatic carbocycles. The fourth-order valence-corrected chi connectivity index (χ4v) is 2.75. The Bertz CT molecular complexity index is 288. The molecule has 0 spiro atoms. The lowest BCUT2D eigenvalue weighted by molar-refractivity contribution is -0.154. The smallest absolute Gasteiger partial charge is 0.316 e. The standard InChI is InChI=1S/C15H26O3/c1-5-18-15(17)13(10(2)3)14(16)12-8-6-11(4)7-9-12/h10-13H,5-9H2,1-4H3. The Morgan fingerprint density at radius 2 is 1.72 bits per heavy atom. The monoisotopic (exact) mass is 254 g/mol. The molecule has 0 saturated heterocycles. The largest absolute Gasteiger partial charge is 0.465 e. The van der Waals surface area contributed by atoms with Crippen molar-refractivity contribution in [2.45, 2.75) is 53.4 Å². The average Bonchev–Trinajstić information content (AvgIpc) is 2.29. The summed E-state index contributed by atoms with van der Waals surface area (Å²) in [6, 6.07) is 0. The summed E-state index contributed by atoms with van der Waals surface area (Å²) in [4.78, 5) is 24.4. The Hall–Kier alpha value is -0.860. The third-order valence-electron chi connectivity index (χ3n) is 3.93. The predicted octanol–water partition coefficient (Wildman–Crippen LogP) is 3.22. The minimum atomic E-state index is -0.566. The highest BCUT2D eigenvalue weighted by Gasteiger charge is 2.36. The molecule has 1 atom stereocenters. The van der Waals surface area contributed by atoms with E-state index in [0.29, 0.717) is 12.5 Å². The van der Waals surface area contributed by atoms with Crippen molar-refractivity contribution in [3.63, 3.8) is 0 Å². The molecule has 1 aliphatic rings. The van der Waals surface area contributed by atoms with Crippen LogP contribution in [0.25, 0.3) is 0 Å². The van der Waals surface area contributed by atoms with E-state index in [4.69, 9.17) is 4.74 Å². The summed E-state index contributed by atoms with van der Waals surface area (Å²) in [7, 11) is 0. The first kappa shape index (κ1) is 15.2. The molecule has 0 amide bonds. The molecule has 18 heavy (non-hydrogen) atoms. The molecule has 1 fully saturated rings. The number of hydrogen-bond donors (Lipinski definition) is 0. The zero-order chi connectivity index (χ0) is 13.7. The summed E-state index contributed by atoms with van der Waals surface area (Å²) < 4.78 is 5.04. The van der Waals surface area contributed by atoms with E-state index in [1.165, 1.54) is 0 Å². The molecule has 0 radical (unpaired) electrons. The van der Waals surface area contributed by atoms with Crippen molar-refractivity contribution in [2.24, 2.45) is 23.7 Å². The van der Waals surface area contributed by atoms with Gasteiger partial charge in [0.15, 0.2) is 0 Å². The second kappa shape index (κ2) is 6.91. The van der Waals surface area contributed by atoms with E-state index in [0.717, 1.165) is 25.7 Å². The number of esters is 1. The summed E-state index contributed by atoms with van der Waals surface area (Å²) in [5.74, 6) is 0.0119. The van der Waals surface area contributed by atoms with Gasteiger partial charge >= 0.3 is 5.97 Å². The molecule has 1 rings (SSSR count). The van der Waals surface area contributed by atoms with Crippen LogP contribution in [0.4, 0.5) is 0 Å². The van der Waals surface area contributed by atoms with Crippen molar-refractivity contribution in [3.8, 4) is 0 Å². The van der Waals surface area contributed by atoms with Crippen LogP contribution in [0.3, 0.4) is 0 Å². The van der Waals surface area contributed by atoms with Crippen molar-refractivity contribution in [1.29, 1.82) is 0 Å². The summed E-state index contributed by atoms with van der Waals surface area (Å²) in [6.07, 6.45) is 4.07. The van der Waals surface area contributed by atoms with Gasteiger partial charge < -0.3 is 4.74 Å². The normalized spacial score (nSPS) is 25.8. The maximum absolute atomic E-state index is 12.5. The van der Waals surface area contributed by atoms with E-state index in [9.17, 15) is 9.59 Å². The molecule has 0 aliphatic heterocycles. The van der Waals surface area contributed by atoms with Crippen LogP contribution < -0.4 is 0 Å². The van der Waals surface area contributed by atoms with Crippen LogP contribution in [0.15, 0.2) is 0 Å². The van der Waals surface area contributed by atoms with Crippen LogP contribution >= 0.6 is 0 Å². The van der Waals surface area contributed by atoms with Crippen LogP contribution in [0.5, 0.6) is 0 Å². The van der Waals surface area contributed by atoms with Gasteiger partial charge in [-0.1, -0.05) is 33.6 Å². The fourth-order valence-electron chi connectivity index (χ4n) is 2.75. The van der Waals surface area contributed by atoms with Crippen molar-refractivity contribution < 1.29 is 14.3 Å². The van der Waals surface area contributed by atoms with Gasteiger partial charge in [-0.15, -0.1) is 0 Å². The van der Waals surface area contributed by atoms with Gasteiger partial charge in [-0.25, -0.2) is 0 Å². The number of rotatable bonds is 5. The second-order valence-electron chi connectivity index (χ2n) is 5.83. The predicted molar refractivity (Wildman–Crippen MR) is 71.1 cm³/mol. The molecule has 1 unspecified atom stereocenters. The van der Waals surface area contributed by atoms with Crippen molar-refractivity contribution in [2.75, 3.05) is 6.61 Å². The maximum atomic E-state index is 12.5. The fraction of sp³-hybridized carbons (Fsp3) is 0.867. The SMILES string of the molecule is CCOC(=O)C(C(=O)C1CCC(C)CC1)C(C)C. The highest BCUT2D eigenvalue weighted by molar-refractivity contribution is 6.00. The summed E-state index contributed by atoms with van der Waals surface area (Å²) in [5.41, 5.74) is 0. The molecule has 1 aliphatic carbocycles. The van der Waals surface area contributed by atoms with Gasteiger partial charge in [0, 0.05) is 5.92 Å². The second-order valence-corrected chi connectivity index (χ2v) is 5.83. The highest BCUT2D eigenvalue weighted by atomic mass is 16.5. The molecule has 0 bridgehead atoms. The van der Waals surface area contributed by atoms with Gasteiger partial charge in [-0.3, -0.25) is 9.59 Å². The minimum Gasteiger partial charge on any atom is -0.465 e. The van der Waals surface area contributed by atoms with E-state index >= 15 is 0 Å². The third-order valence-corrected chi connectivity index (χ3v) is 3.93.